The summed E-state index contributed by atoms with van der Waals surface area (Å²) in [6.07, 6.45) is 1.45. The summed E-state index contributed by atoms with van der Waals surface area (Å²) in [5.41, 5.74) is 7.07. The largest absolute Gasteiger partial charge is 0.469 e. The molecule has 0 amide bonds. The topological polar surface area (TPSA) is 35.0 Å². The Labute approximate surface area is 159 Å². The number of rotatable bonds is 4. The van der Waals surface area contributed by atoms with Gasteiger partial charge in [-0.1, -0.05) is 60.2 Å². The maximum absolute atomic E-state index is 6.15. The fraction of sp³-hybridized carbons (Fsp3) is 0.167. The van der Waals surface area contributed by atoms with Crippen molar-refractivity contribution in [1.82, 2.24) is 9.97 Å². The van der Waals surface area contributed by atoms with Gasteiger partial charge >= 0.3 is 0 Å². The first-order valence-corrected chi connectivity index (χ1v) is 9.16. The van der Waals surface area contributed by atoms with Gasteiger partial charge in [0.25, 0.3) is 0 Å². The van der Waals surface area contributed by atoms with Crippen molar-refractivity contribution in [2.75, 3.05) is 0 Å². The van der Waals surface area contributed by atoms with Crippen LogP contribution in [0.4, 0.5) is 0 Å². The molecular formula is C24H22N2O. The molecule has 1 atom stereocenters. The van der Waals surface area contributed by atoms with Gasteiger partial charge in [0.15, 0.2) is 0 Å². The molecule has 1 heterocycles. The SMILES string of the molecule is Cc1ccc(-c2ccc(C(C)Oc3ncnc4ccccc34)cc2)c(C)c1. The molecule has 0 saturated heterocycles. The molecule has 1 unspecified atom stereocenters. The van der Waals surface area contributed by atoms with E-state index in [9.17, 15) is 0 Å². The van der Waals surface area contributed by atoms with Crippen molar-refractivity contribution in [2.45, 2.75) is 26.9 Å². The predicted molar refractivity (Wildman–Crippen MR) is 110 cm³/mol. The van der Waals surface area contributed by atoms with Gasteiger partial charge in [-0.05, 0) is 55.2 Å². The Morgan fingerprint density at radius 1 is 0.852 bits per heavy atom. The molecule has 4 rings (SSSR count). The Morgan fingerprint density at radius 3 is 2.41 bits per heavy atom. The summed E-state index contributed by atoms with van der Waals surface area (Å²) < 4.78 is 6.15. The molecule has 0 radical (unpaired) electrons. The van der Waals surface area contributed by atoms with E-state index < -0.39 is 0 Å². The second kappa shape index (κ2) is 7.20. The van der Waals surface area contributed by atoms with Crippen LogP contribution in [-0.4, -0.2) is 9.97 Å². The molecule has 0 bridgehead atoms. The third-order valence-corrected chi connectivity index (χ3v) is 4.87. The number of aromatic nitrogens is 2. The van der Waals surface area contributed by atoms with Crippen molar-refractivity contribution in [3.05, 3.63) is 89.7 Å². The van der Waals surface area contributed by atoms with Gasteiger partial charge in [-0.3, -0.25) is 0 Å². The van der Waals surface area contributed by atoms with Crippen molar-refractivity contribution in [3.8, 4) is 17.0 Å². The fourth-order valence-corrected chi connectivity index (χ4v) is 3.38. The number of hydrogen-bond acceptors (Lipinski definition) is 3. The van der Waals surface area contributed by atoms with Crippen LogP contribution in [0.3, 0.4) is 0 Å². The molecule has 3 aromatic carbocycles. The smallest absolute Gasteiger partial charge is 0.225 e. The van der Waals surface area contributed by atoms with Gasteiger partial charge < -0.3 is 4.74 Å². The van der Waals surface area contributed by atoms with Gasteiger partial charge in [-0.15, -0.1) is 0 Å². The minimum absolute atomic E-state index is 0.100. The van der Waals surface area contributed by atoms with Crippen LogP contribution in [0.5, 0.6) is 5.88 Å². The first-order chi connectivity index (χ1) is 13.1. The highest BCUT2D eigenvalue weighted by Gasteiger charge is 2.12. The van der Waals surface area contributed by atoms with E-state index in [4.69, 9.17) is 4.74 Å². The van der Waals surface area contributed by atoms with E-state index in [1.165, 1.54) is 22.3 Å². The van der Waals surface area contributed by atoms with E-state index in [1.54, 1.807) is 6.33 Å². The molecule has 3 heteroatoms. The van der Waals surface area contributed by atoms with Crippen LogP contribution in [0.25, 0.3) is 22.0 Å². The van der Waals surface area contributed by atoms with Crippen LogP contribution in [0.1, 0.15) is 29.7 Å². The van der Waals surface area contributed by atoms with Crippen LogP contribution in [0.15, 0.2) is 73.1 Å². The van der Waals surface area contributed by atoms with E-state index in [0.717, 1.165) is 16.5 Å². The molecular weight excluding hydrogens is 332 g/mol. The number of aryl methyl sites for hydroxylation is 2. The molecule has 0 spiro atoms. The second-order valence-electron chi connectivity index (χ2n) is 6.90. The Kier molecular flexibility index (Phi) is 4.59. The molecule has 3 nitrogen and oxygen atoms in total. The summed E-state index contributed by atoms with van der Waals surface area (Å²) in [4.78, 5) is 8.61. The number of nitrogens with zero attached hydrogens (tertiary/aromatic N) is 2. The zero-order valence-electron chi connectivity index (χ0n) is 15.8. The summed E-state index contributed by atoms with van der Waals surface area (Å²) in [7, 11) is 0. The molecule has 0 saturated carbocycles. The van der Waals surface area contributed by atoms with E-state index in [2.05, 4.69) is 66.3 Å². The monoisotopic (exact) mass is 354 g/mol. The molecule has 0 fully saturated rings. The third kappa shape index (κ3) is 3.54. The minimum Gasteiger partial charge on any atom is -0.469 e. The first kappa shape index (κ1) is 17.2. The molecule has 4 aromatic rings. The van der Waals surface area contributed by atoms with E-state index in [-0.39, 0.29) is 6.10 Å². The number of fused-ring (bicyclic) bond motifs is 1. The highest BCUT2D eigenvalue weighted by molar-refractivity contribution is 5.83. The summed E-state index contributed by atoms with van der Waals surface area (Å²) in [5, 5.41) is 0.929. The first-order valence-electron chi connectivity index (χ1n) is 9.16. The van der Waals surface area contributed by atoms with Gasteiger partial charge in [0.1, 0.15) is 12.4 Å². The van der Waals surface area contributed by atoms with Gasteiger partial charge in [-0.25, -0.2) is 9.97 Å². The van der Waals surface area contributed by atoms with Crippen LogP contribution in [0, 0.1) is 13.8 Å². The van der Waals surface area contributed by atoms with Crippen molar-refractivity contribution >= 4 is 10.9 Å². The normalized spacial score (nSPS) is 12.1. The molecule has 134 valence electrons. The van der Waals surface area contributed by atoms with Gasteiger partial charge in [0, 0.05) is 0 Å². The average molecular weight is 354 g/mol. The lowest BCUT2D eigenvalue weighted by Crippen LogP contribution is -2.05. The van der Waals surface area contributed by atoms with Crippen LogP contribution >= 0.6 is 0 Å². The summed E-state index contributed by atoms with van der Waals surface area (Å²) >= 11 is 0. The molecule has 0 aliphatic carbocycles. The predicted octanol–water partition coefficient (Wildman–Crippen LogP) is 6.05. The van der Waals surface area contributed by atoms with Gasteiger partial charge in [0.2, 0.25) is 5.88 Å². The Hall–Kier alpha value is -3.20. The van der Waals surface area contributed by atoms with Crippen molar-refractivity contribution in [2.24, 2.45) is 0 Å². The zero-order valence-corrected chi connectivity index (χ0v) is 15.8. The lowest BCUT2D eigenvalue weighted by atomic mass is 9.97. The summed E-state index contributed by atoms with van der Waals surface area (Å²) in [6, 6.07) is 23.0. The van der Waals surface area contributed by atoms with Crippen molar-refractivity contribution in [3.63, 3.8) is 0 Å². The quantitative estimate of drug-likeness (QED) is 0.447. The van der Waals surface area contributed by atoms with Crippen LogP contribution < -0.4 is 4.74 Å². The Morgan fingerprint density at radius 2 is 1.63 bits per heavy atom. The summed E-state index contributed by atoms with van der Waals surface area (Å²) in [5.74, 6) is 0.617. The highest BCUT2D eigenvalue weighted by Crippen LogP contribution is 2.29. The zero-order chi connectivity index (χ0) is 18.8. The molecule has 0 N–H and O–H groups in total. The fourth-order valence-electron chi connectivity index (χ4n) is 3.38. The lowest BCUT2D eigenvalue weighted by molar-refractivity contribution is 0.220. The lowest BCUT2D eigenvalue weighted by Gasteiger charge is -2.16. The third-order valence-electron chi connectivity index (χ3n) is 4.87. The minimum atomic E-state index is -0.100. The standard InChI is InChI=1S/C24H22N2O/c1-16-8-13-21(17(2)14-16)20-11-9-19(10-12-20)18(3)27-24-22-6-4-5-7-23(22)25-15-26-24/h4-15,18H,1-3H3. The van der Waals surface area contributed by atoms with Crippen molar-refractivity contribution < 1.29 is 4.74 Å². The van der Waals surface area contributed by atoms with E-state index in [0.29, 0.717) is 5.88 Å². The Bertz CT molecular complexity index is 1080. The molecule has 1 aromatic heterocycles. The number of benzene rings is 3. The van der Waals surface area contributed by atoms with Crippen molar-refractivity contribution in [1.29, 1.82) is 0 Å². The number of para-hydroxylation sites is 1. The summed E-state index contributed by atoms with van der Waals surface area (Å²) in [6.45, 7) is 6.32. The molecule has 0 aliphatic rings. The van der Waals surface area contributed by atoms with E-state index >= 15 is 0 Å². The van der Waals surface area contributed by atoms with Crippen LogP contribution in [0.2, 0.25) is 0 Å². The highest BCUT2D eigenvalue weighted by atomic mass is 16.5. The van der Waals surface area contributed by atoms with E-state index in [1.807, 2.05) is 31.2 Å². The number of ether oxygens (including phenoxy) is 1. The maximum Gasteiger partial charge on any atom is 0.225 e. The van der Waals surface area contributed by atoms with Gasteiger partial charge in [-0.2, -0.15) is 0 Å². The maximum atomic E-state index is 6.15. The average Bonchev–Trinajstić information content (AvgIpc) is 2.68. The molecule has 0 aliphatic heterocycles. The molecule has 27 heavy (non-hydrogen) atoms. The van der Waals surface area contributed by atoms with Gasteiger partial charge in [0.05, 0.1) is 10.9 Å². The number of hydrogen-bond donors (Lipinski definition) is 0. The van der Waals surface area contributed by atoms with Crippen LogP contribution in [-0.2, 0) is 0 Å². The Balaban J connectivity index is 1.58. The second-order valence-corrected chi connectivity index (χ2v) is 6.90.